The Hall–Kier alpha value is -0.294. The summed E-state index contributed by atoms with van der Waals surface area (Å²) in [5.41, 5.74) is 0. The van der Waals surface area contributed by atoms with E-state index in [9.17, 15) is 23.1 Å². The van der Waals surface area contributed by atoms with Gasteiger partial charge in [-0.25, -0.2) is 13.1 Å². The van der Waals surface area contributed by atoms with E-state index in [4.69, 9.17) is 5.11 Å². The van der Waals surface area contributed by atoms with Crippen LogP contribution < -0.4 is 61.2 Å². The van der Waals surface area contributed by atoms with E-state index in [1.807, 2.05) is 4.72 Å². The van der Waals surface area contributed by atoms with Crippen molar-refractivity contribution in [2.75, 3.05) is 0 Å². The second-order valence-electron chi connectivity index (χ2n) is 3.74. The molecule has 2 N–H and O–H groups in total. The molecule has 20 heavy (non-hydrogen) atoms. The molecule has 1 rings (SSSR count). The number of sulfonamides is 1. The molecule has 0 saturated carbocycles. The Labute approximate surface area is 158 Å². The number of carboxylic acids is 2. The Balaban J connectivity index is 0.00000361. The Morgan fingerprint density at radius 1 is 1.25 bits per heavy atom. The summed E-state index contributed by atoms with van der Waals surface area (Å²) in [6.45, 7) is 0. The van der Waals surface area contributed by atoms with Gasteiger partial charge in [0.05, 0.1) is 16.9 Å². The maximum absolute atomic E-state index is 11.8. The zero-order valence-electron chi connectivity index (χ0n) is 10.8. The molecule has 0 amide bonds. The quantitative estimate of drug-likeness (QED) is 0.492. The number of rotatable bonds is 7. The summed E-state index contributed by atoms with van der Waals surface area (Å²) in [5.74, 6) is -2.88. The molecule has 1 atom stereocenters. The predicted molar refractivity (Wildman–Crippen MR) is 62.4 cm³/mol. The number of carboxylic acid groups (broad SMARTS) is 2. The van der Waals surface area contributed by atoms with Gasteiger partial charge in [-0.15, -0.1) is 0 Å². The molecular weight excluding hydrogens is 313 g/mol. The summed E-state index contributed by atoms with van der Waals surface area (Å²) in [6, 6.07) is 5.60. The van der Waals surface area contributed by atoms with E-state index in [1.54, 1.807) is 6.07 Å². The molecular formula is C11H12KNO6S. The molecule has 104 valence electrons. The summed E-state index contributed by atoms with van der Waals surface area (Å²) in [4.78, 5) is 21.1. The SMILES string of the molecule is O=C(O)CC[C@@H](NS(=O)(=O)c1ccccc1)C(=O)[O-].[K+]. The molecule has 0 aliphatic rings. The fourth-order valence-corrected chi connectivity index (χ4v) is 2.59. The molecule has 1 aromatic rings. The van der Waals surface area contributed by atoms with Crippen molar-refractivity contribution in [3.05, 3.63) is 30.3 Å². The topological polar surface area (TPSA) is 124 Å². The number of benzene rings is 1. The Bertz CT molecular complexity index is 560. The van der Waals surface area contributed by atoms with Crippen LogP contribution in [0.1, 0.15) is 12.8 Å². The summed E-state index contributed by atoms with van der Waals surface area (Å²) >= 11 is 0. The van der Waals surface area contributed by atoms with Crippen LogP contribution in [0.15, 0.2) is 35.2 Å². The second kappa shape index (κ2) is 8.87. The van der Waals surface area contributed by atoms with Crippen LogP contribution in [0.25, 0.3) is 0 Å². The predicted octanol–water partition coefficient (Wildman–Crippen LogP) is -4.05. The van der Waals surface area contributed by atoms with E-state index in [2.05, 4.69) is 0 Å². The summed E-state index contributed by atoms with van der Waals surface area (Å²) < 4.78 is 25.6. The van der Waals surface area contributed by atoms with Gasteiger partial charge in [0.2, 0.25) is 10.0 Å². The molecule has 0 fully saturated rings. The van der Waals surface area contributed by atoms with Crippen LogP contribution in [0.4, 0.5) is 0 Å². The van der Waals surface area contributed by atoms with Gasteiger partial charge in [0.15, 0.2) is 0 Å². The summed E-state index contributed by atoms with van der Waals surface area (Å²) in [6.07, 6.45) is -0.861. The molecule has 0 saturated heterocycles. The molecule has 0 aromatic heterocycles. The first kappa shape index (κ1) is 19.7. The first-order valence-electron chi connectivity index (χ1n) is 5.33. The third kappa shape index (κ3) is 6.44. The average molecular weight is 325 g/mol. The monoisotopic (exact) mass is 325 g/mol. The minimum atomic E-state index is -4.02. The molecule has 0 aliphatic heterocycles. The number of hydrogen-bond donors (Lipinski definition) is 2. The first-order valence-corrected chi connectivity index (χ1v) is 6.81. The molecule has 0 heterocycles. The molecule has 0 radical (unpaired) electrons. The van der Waals surface area contributed by atoms with Gasteiger partial charge in [-0.2, -0.15) is 0 Å². The minimum Gasteiger partial charge on any atom is -0.548 e. The van der Waals surface area contributed by atoms with Gasteiger partial charge < -0.3 is 15.0 Å². The molecule has 9 heteroatoms. The molecule has 0 bridgehead atoms. The van der Waals surface area contributed by atoms with Crippen molar-refractivity contribution in [3.8, 4) is 0 Å². The summed E-state index contributed by atoms with van der Waals surface area (Å²) in [5, 5.41) is 19.3. The fraction of sp³-hybridized carbons (Fsp3) is 0.273. The van der Waals surface area contributed by atoms with Crippen LogP contribution in [-0.4, -0.2) is 31.5 Å². The van der Waals surface area contributed by atoms with Crippen LogP contribution >= 0.6 is 0 Å². The van der Waals surface area contributed by atoms with Crippen molar-refractivity contribution in [2.45, 2.75) is 23.8 Å². The molecule has 0 spiro atoms. The number of carbonyl (C=O) groups is 2. The van der Waals surface area contributed by atoms with Gasteiger partial charge in [0, 0.05) is 6.42 Å². The van der Waals surface area contributed by atoms with Crippen LogP contribution in [0.5, 0.6) is 0 Å². The number of carbonyl (C=O) groups excluding carboxylic acids is 1. The fourth-order valence-electron chi connectivity index (χ4n) is 1.35. The van der Waals surface area contributed by atoms with Crippen molar-refractivity contribution in [1.29, 1.82) is 0 Å². The van der Waals surface area contributed by atoms with Crippen molar-refractivity contribution < 1.29 is 79.6 Å². The molecule has 0 unspecified atom stereocenters. The van der Waals surface area contributed by atoms with Crippen LogP contribution in [0.3, 0.4) is 0 Å². The Morgan fingerprint density at radius 3 is 2.25 bits per heavy atom. The number of hydrogen-bond acceptors (Lipinski definition) is 5. The van der Waals surface area contributed by atoms with Crippen molar-refractivity contribution in [1.82, 2.24) is 4.72 Å². The van der Waals surface area contributed by atoms with Gasteiger partial charge in [0.25, 0.3) is 0 Å². The van der Waals surface area contributed by atoms with E-state index < -0.39 is 34.4 Å². The van der Waals surface area contributed by atoms with E-state index >= 15 is 0 Å². The van der Waals surface area contributed by atoms with Crippen molar-refractivity contribution >= 4 is 22.0 Å². The van der Waals surface area contributed by atoms with Gasteiger partial charge in [-0.3, -0.25) is 4.79 Å². The molecule has 1 aromatic carbocycles. The van der Waals surface area contributed by atoms with E-state index in [1.165, 1.54) is 24.3 Å². The van der Waals surface area contributed by atoms with E-state index in [0.29, 0.717) is 0 Å². The third-order valence-corrected chi connectivity index (χ3v) is 3.77. The Kier molecular flexibility index (Phi) is 8.74. The third-order valence-electron chi connectivity index (χ3n) is 2.28. The zero-order chi connectivity index (χ0) is 14.5. The maximum Gasteiger partial charge on any atom is 1.00 e. The maximum atomic E-state index is 11.8. The zero-order valence-corrected chi connectivity index (χ0v) is 14.7. The van der Waals surface area contributed by atoms with Gasteiger partial charge in [0.1, 0.15) is 0 Å². The van der Waals surface area contributed by atoms with Crippen molar-refractivity contribution in [2.24, 2.45) is 0 Å². The number of nitrogens with one attached hydrogen (secondary N) is 1. The minimum absolute atomic E-state index is 0. The first-order chi connectivity index (χ1) is 8.83. The van der Waals surface area contributed by atoms with Crippen molar-refractivity contribution in [3.63, 3.8) is 0 Å². The van der Waals surface area contributed by atoms with E-state index in [-0.39, 0.29) is 62.7 Å². The van der Waals surface area contributed by atoms with Gasteiger partial charge in [-0.05, 0) is 18.6 Å². The van der Waals surface area contributed by atoms with Crippen LogP contribution in [-0.2, 0) is 19.6 Å². The van der Waals surface area contributed by atoms with Crippen LogP contribution in [0, 0.1) is 0 Å². The second-order valence-corrected chi connectivity index (χ2v) is 5.45. The van der Waals surface area contributed by atoms with Crippen LogP contribution in [0.2, 0.25) is 0 Å². The number of aliphatic carboxylic acids is 2. The van der Waals surface area contributed by atoms with Gasteiger partial charge in [-0.1, -0.05) is 18.2 Å². The largest absolute Gasteiger partial charge is 1.00 e. The summed E-state index contributed by atoms with van der Waals surface area (Å²) in [7, 11) is -4.02. The van der Waals surface area contributed by atoms with Gasteiger partial charge >= 0.3 is 57.4 Å². The normalized spacial score (nSPS) is 12.2. The average Bonchev–Trinajstić information content (AvgIpc) is 2.35. The molecule has 0 aliphatic carbocycles. The van der Waals surface area contributed by atoms with E-state index in [0.717, 1.165) is 0 Å². The standard InChI is InChI=1S/C11H13NO6S.K/c13-10(14)7-6-9(11(15)16)12-19(17,18)8-4-2-1-3-5-8;/h1-5,9,12H,6-7H2,(H,13,14)(H,15,16);/q;+1/p-1/t9-;/m1./s1. The Morgan fingerprint density at radius 2 is 1.80 bits per heavy atom. The smallest absolute Gasteiger partial charge is 0.548 e. The molecule has 7 nitrogen and oxygen atoms in total.